The molecule has 0 spiro atoms. The second-order valence-electron chi connectivity index (χ2n) is 13.5. The van der Waals surface area contributed by atoms with Gasteiger partial charge < -0.3 is 28.8 Å². The smallest absolute Gasteiger partial charge is 0.261 e. The number of unbranched alkanes of at least 4 members (excludes halogenated alkanes) is 1. The van der Waals surface area contributed by atoms with E-state index in [0.29, 0.717) is 43.8 Å². The Morgan fingerprint density at radius 3 is 2.35 bits per heavy atom. The lowest BCUT2D eigenvalue weighted by Crippen LogP contribution is -2.28. The first kappa shape index (κ1) is 43.6. The van der Waals surface area contributed by atoms with Crippen LogP contribution in [0.4, 0.5) is 11.4 Å². The summed E-state index contributed by atoms with van der Waals surface area (Å²) in [5.74, 6) is 1.24. The first-order chi connectivity index (χ1) is 26.5. The molecule has 0 radical (unpaired) electrons. The first-order valence-corrected chi connectivity index (χ1v) is 22.3. The highest BCUT2D eigenvalue weighted by atomic mass is 32.2. The zero-order chi connectivity index (χ0) is 39.6. The van der Waals surface area contributed by atoms with E-state index in [1.807, 2.05) is 48.9 Å². The Hall–Kier alpha value is -4.14. The van der Waals surface area contributed by atoms with E-state index in [1.165, 1.54) is 0 Å². The molecule has 5 rings (SSSR count). The van der Waals surface area contributed by atoms with Crippen molar-refractivity contribution in [3.8, 4) is 16.9 Å². The van der Waals surface area contributed by atoms with Crippen molar-refractivity contribution in [1.82, 2.24) is 9.55 Å². The molecular formula is C42H56N4O7S2. The van der Waals surface area contributed by atoms with E-state index in [9.17, 15) is 17.8 Å². The van der Waals surface area contributed by atoms with E-state index in [4.69, 9.17) is 14.0 Å². The van der Waals surface area contributed by atoms with Crippen LogP contribution >= 0.6 is 0 Å². The van der Waals surface area contributed by atoms with Crippen LogP contribution < -0.4 is 15.0 Å². The van der Waals surface area contributed by atoms with Crippen LogP contribution in [-0.4, -0.2) is 77.9 Å². The molecule has 2 heterocycles. The molecule has 4 aromatic rings. The van der Waals surface area contributed by atoms with Crippen LogP contribution in [0.2, 0.25) is 0 Å². The van der Waals surface area contributed by atoms with Crippen LogP contribution in [-0.2, 0) is 43.8 Å². The summed E-state index contributed by atoms with van der Waals surface area (Å²) >= 11 is -1.14. The summed E-state index contributed by atoms with van der Waals surface area (Å²) < 4.78 is 52.5. The number of ether oxygens (including phenoxy) is 2. The number of amides is 1. The van der Waals surface area contributed by atoms with Crippen molar-refractivity contribution in [2.24, 2.45) is 0 Å². The van der Waals surface area contributed by atoms with Crippen molar-refractivity contribution in [2.45, 2.75) is 77.2 Å². The van der Waals surface area contributed by atoms with Gasteiger partial charge in [-0.05, 0) is 115 Å². The molecule has 2 N–H and O–H groups in total. The Balaban J connectivity index is 0.00000126. The molecule has 298 valence electrons. The zero-order valence-corrected chi connectivity index (χ0v) is 34.2. The number of aryl methyl sites for hydroxylation is 2. The van der Waals surface area contributed by atoms with Crippen LogP contribution in [0.1, 0.15) is 70.6 Å². The lowest BCUT2D eigenvalue weighted by Gasteiger charge is -2.29. The molecule has 0 saturated heterocycles. The van der Waals surface area contributed by atoms with E-state index in [2.05, 4.69) is 76.9 Å². The van der Waals surface area contributed by atoms with Crippen molar-refractivity contribution < 1.29 is 31.8 Å². The Bertz CT molecular complexity index is 1900. The molecular weight excluding hydrogens is 737 g/mol. The van der Waals surface area contributed by atoms with E-state index < -0.39 is 21.3 Å². The lowest BCUT2D eigenvalue weighted by atomic mass is 9.96. The number of aromatic nitrogens is 2. The summed E-state index contributed by atoms with van der Waals surface area (Å²) in [6.45, 7) is 11.1. The van der Waals surface area contributed by atoms with Gasteiger partial charge in [-0.15, -0.1) is 0 Å². The van der Waals surface area contributed by atoms with Gasteiger partial charge in [0.1, 0.15) is 18.1 Å². The summed E-state index contributed by atoms with van der Waals surface area (Å²) in [6, 6.07) is 22.1. The maximum Gasteiger partial charge on any atom is 0.261 e. The SMILES string of the molecule is CCCCOCCOc1ccc(-c2ccc3c(c2)C=C(C(=O)Nc2ccc([S@@+]([O-])CCc4cncn4CCC)cc2)CCCN3CCC)cc1.CS(=O)(=O)O. The van der Waals surface area contributed by atoms with Gasteiger partial charge in [-0.2, -0.15) is 8.42 Å². The van der Waals surface area contributed by atoms with Crippen molar-refractivity contribution in [2.75, 3.05) is 55.1 Å². The van der Waals surface area contributed by atoms with Crippen molar-refractivity contribution in [3.63, 3.8) is 0 Å². The minimum absolute atomic E-state index is 0.108. The lowest BCUT2D eigenvalue weighted by molar-refractivity contribution is -0.112. The molecule has 1 aliphatic heterocycles. The van der Waals surface area contributed by atoms with Gasteiger partial charge in [-0.25, -0.2) is 4.98 Å². The van der Waals surface area contributed by atoms with Gasteiger partial charge in [0.25, 0.3) is 16.0 Å². The summed E-state index contributed by atoms with van der Waals surface area (Å²) in [6.07, 6.45) is 13.0. The summed E-state index contributed by atoms with van der Waals surface area (Å²) in [4.78, 5) is 21.1. The van der Waals surface area contributed by atoms with Crippen molar-refractivity contribution in [3.05, 3.63) is 96.1 Å². The number of benzene rings is 3. The van der Waals surface area contributed by atoms with Gasteiger partial charge in [-0.1, -0.05) is 45.4 Å². The number of nitrogens with zero attached hydrogens (tertiary/aromatic N) is 3. The van der Waals surface area contributed by atoms with E-state index in [0.717, 1.165) is 103 Å². The predicted molar refractivity (Wildman–Crippen MR) is 223 cm³/mol. The maximum atomic E-state index is 13.7. The molecule has 1 aliphatic rings. The minimum Gasteiger partial charge on any atom is -0.611 e. The average molecular weight is 793 g/mol. The van der Waals surface area contributed by atoms with Crippen LogP contribution in [0.3, 0.4) is 0 Å². The number of nitrogens with one attached hydrogen (secondary N) is 1. The molecule has 1 amide bonds. The van der Waals surface area contributed by atoms with Gasteiger partial charge in [-0.3, -0.25) is 9.35 Å². The Morgan fingerprint density at radius 1 is 0.945 bits per heavy atom. The number of carbonyl (C=O) groups is 1. The predicted octanol–water partition coefficient (Wildman–Crippen LogP) is 8.04. The molecule has 0 bridgehead atoms. The summed E-state index contributed by atoms with van der Waals surface area (Å²) in [5, 5.41) is 3.10. The minimum atomic E-state index is -3.67. The Morgan fingerprint density at radius 2 is 1.65 bits per heavy atom. The first-order valence-electron chi connectivity index (χ1n) is 19.1. The second kappa shape index (κ2) is 22.4. The molecule has 13 heteroatoms. The highest BCUT2D eigenvalue weighted by molar-refractivity contribution is 7.91. The highest BCUT2D eigenvalue weighted by Crippen LogP contribution is 2.33. The number of imidazole rings is 1. The number of carbonyl (C=O) groups excluding carboxylic acids is 1. The quantitative estimate of drug-likeness (QED) is 0.0581. The number of rotatable bonds is 18. The van der Waals surface area contributed by atoms with Crippen molar-refractivity contribution >= 4 is 44.7 Å². The fraction of sp³-hybridized carbons (Fsp3) is 0.429. The Kier molecular flexibility index (Phi) is 17.8. The second-order valence-corrected chi connectivity index (χ2v) is 16.5. The summed E-state index contributed by atoms with van der Waals surface area (Å²) in [5.41, 5.74) is 6.91. The number of hydrogen-bond acceptors (Lipinski definition) is 8. The maximum absolute atomic E-state index is 13.7. The van der Waals surface area contributed by atoms with Crippen LogP contribution in [0, 0.1) is 0 Å². The Labute approximate surface area is 330 Å². The molecule has 11 nitrogen and oxygen atoms in total. The normalized spacial score (nSPS) is 13.4. The summed E-state index contributed by atoms with van der Waals surface area (Å²) in [7, 11) is -3.67. The monoisotopic (exact) mass is 792 g/mol. The molecule has 0 aliphatic carbocycles. The fourth-order valence-corrected chi connectivity index (χ4v) is 7.26. The van der Waals surface area contributed by atoms with E-state index in [-0.39, 0.29) is 5.91 Å². The van der Waals surface area contributed by atoms with Crippen LogP contribution in [0.15, 0.2) is 89.7 Å². The highest BCUT2D eigenvalue weighted by Gasteiger charge is 2.19. The number of fused-ring (bicyclic) bond motifs is 1. The van der Waals surface area contributed by atoms with E-state index >= 15 is 0 Å². The van der Waals surface area contributed by atoms with Gasteiger partial charge in [0, 0.05) is 61.5 Å². The average Bonchev–Trinajstić information content (AvgIpc) is 3.60. The topological polar surface area (TPSA) is 146 Å². The number of hydrogen-bond donors (Lipinski definition) is 2. The third-order valence-electron chi connectivity index (χ3n) is 8.87. The zero-order valence-electron chi connectivity index (χ0n) is 32.5. The molecule has 55 heavy (non-hydrogen) atoms. The standard InChI is InChI=1S/C41H52N4O4S.CH4O3S/c1-4-7-24-48-25-26-49-38-15-10-32(11-16-38)33-12-19-40-35(28-33)29-34(9-8-23-44(40)21-5-2)41(46)43-36-13-17-39(18-14-36)50(47)27-20-37-30-42-31-45(37)22-6-3;1-5(2,3)4/h10-19,28-31H,4-9,20-27H2,1-3H3,(H,43,46);1H3,(H,2,3,4)/t50-;/m0./s1. The third-order valence-corrected chi connectivity index (χ3v) is 10.2. The van der Waals surface area contributed by atoms with Crippen molar-refractivity contribution in [1.29, 1.82) is 0 Å². The molecule has 0 fully saturated rings. The van der Waals surface area contributed by atoms with Gasteiger partial charge in [0.2, 0.25) is 0 Å². The van der Waals surface area contributed by atoms with Crippen LogP contribution in [0.5, 0.6) is 5.75 Å². The largest absolute Gasteiger partial charge is 0.611 e. The third kappa shape index (κ3) is 14.8. The molecule has 0 unspecified atom stereocenters. The van der Waals surface area contributed by atoms with Gasteiger partial charge in [0.15, 0.2) is 4.90 Å². The molecule has 3 aromatic carbocycles. The van der Waals surface area contributed by atoms with Gasteiger partial charge in [0.05, 0.1) is 19.2 Å². The number of anilines is 2. The molecule has 0 saturated carbocycles. The molecule has 1 aromatic heterocycles. The van der Waals surface area contributed by atoms with E-state index in [1.54, 1.807) is 0 Å². The van der Waals surface area contributed by atoms with Gasteiger partial charge >= 0.3 is 0 Å². The fourth-order valence-electron chi connectivity index (χ4n) is 6.19. The van der Waals surface area contributed by atoms with Crippen LogP contribution in [0.25, 0.3) is 17.2 Å². The molecule has 1 atom stereocenters.